The summed E-state index contributed by atoms with van der Waals surface area (Å²) in [5.41, 5.74) is 9.22. The van der Waals surface area contributed by atoms with E-state index in [1.165, 1.54) is 0 Å². The number of allylic oxidation sites excluding steroid dienone is 2. The van der Waals surface area contributed by atoms with Gasteiger partial charge in [-0.2, -0.15) is 5.26 Å². The lowest BCUT2D eigenvalue weighted by Crippen LogP contribution is -2.26. The predicted octanol–water partition coefficient (Wildman–Crippen LogP) is 4.16. The van der Waals surface area contributed by atoms with E-state index in [4.69, 9.17) is 19.9 Å². The van der Waals surface area contributed by atoms with E-state index in [1.807, 2.05) is 26.0 Å². The zero-order valence-corrected chi connectivity index (χ0v) is 17.4. The van der Waals surface area contributed by atoms with Crippen molar-refractivity contribution in [2.45, 2.75) is 53.4 Å². The van der Waals surface area contributed by atoms with Crippen LogP contribution < -0.4 is 10.5 Å². The molecule has 0 aliphatic carbocycles. The zero-order valence-electron chi connectivity index (χ0n) is 17.4. The fourth-order valence-electron chi connectivity index (χ4n) is 3.42. The molecule has 0 aromatic heterocycles. The number of esters is 1. The van der Waals surface area contributed by atoms with Gasteiger partial charge in [-0.15, -0.1) is 0 Å². The van der Waals surface area contributed by atoms with Crippen LogP contribution in [0.1, 0.15) is 63.1 Å². The fraction of sp³-hybridized carbons (Fsp3) is 0.455. The summed E-state index contributed by atoms with van der Waals surface area (Å²) in [6.45, 7) is 12.2. The molecule has 0 fully saturated rings. The van der Waals surface area contributed by atoms with Crippen LogP contribution in [0.5, 0.6) is 5.75 Å². The SMILES string of the molecule is CCOC(=O)C1=C(C)OC(N)=C(C#N)C1c1cc(C(C)C)c(OCC)cc1C. The Balaban J connectivity index is 2.75. The van der Waals surface area contributed by atoms with Crippen molar-refractivity contribution in [3.8, 4) is 11.8 Å². The zero-order chi connectivity index (χ0) is 21.0. The maximum atomic E-state index is 12.7. The normalized spacial score (nSPS) is 16.7. The van der Waals surface area contributed by atoms with Gasteiger partial charge in [0.1, 0.15) is 23.2 Å². The van der Waals surface area contributed by atoms with Gasteiger partial charge in [0.25, 0.3) is 0 Å². The van der Waals surface area contributed by atoms with Crippen molar-refractivity contribution in [3.05, 3.63) is 51.6 Å². The van der Waals surface area contributed by atoms with Crippen molar-refractivity contribution in [1.29, 1.82) is 5.26 Å². The predicted molar refractivity (Wildman–Crippen MR) is 106 cm³/mol. The molecule has 2 rings (SSSR count). The summed E-state index contributed by atoms with van der Waals surface area (Å²) in [6, 6.07) is 6.07. The van der Waals surface area contributed by atoms with Crippen LogP contribution in [0.15, 0.2) is 34.9 Å². The first kappa shape index (κ1) is 21.4. The minimum atomic E-state index is -0.647. The summed E-state index contributed by atoms with van der Waals surface area (Å²) in [7, 11) is 0. The van der Waals surface area contributed by atoms with Gasteiger partial charge in [-0.05, 0) is 56.4 Å². The van der Waals surface area contributed by atoms with Crippen LogP contribution in [-0.4, -0.2) is 19.2 Å². The van der Waals surface area contributed by atoms with Gasteiger partial charge in [0.05, 0.1) is 24.7 Å². The van der Waals surface area contributed by atoms with Gasteiger partial charge in [-0.3, -0.25) is 0 Å². The second-order valence-electron chi connectivity index (χ2n) is 6.95. The monoisotopic (exact) mass is 384 g/mol. The Hall–Kier alpha value is -2.94. The second-order valence-corrected chi connectivity index (χ2v) is 6.95. The Morgan fingerprint density at radius 2 is 1.96 bits per heavy atom. The molecular weight excluding hydrogens is 356 g/mol. The lowest BCUT2D eigenvalue weighted by molar-refractivity contribution is -0.139. The first-order chi connectivity index (χ1) is 13.3. The molecule has 1 unspecified atom stereocenters. The van der Waals surface area contributed by atoms with Gasteiger partial charge in [0, 0.05) is 0 Å². The highest BCUT2D eigenvalue weighted by molar-refractivity contribution is 5.92. The summed E-state index contributed by atoms with van der Waals surface area (Å²) in [5, 5.41) is 9.75. The molecule has 0 bridgehead atoms. The maximum absolute atomic E-state index is 12.7. The third-order valence-corrected chi connectivity index (χ3v) is 4.73. The lowest BCUT2D eigenvalue weighted by Gasteiger charge is -2.29. The number of nitrogens with zero attached hydrogens (tertiary/aromatic N) is 1. The molecule has 6 heteroatoms. The van der Waals surface area contributed by atoms with Gasteiger partial charge in [-0.1, -0.05) is 19.9 Å². The van der Waals surface area contributed by atoms with Gasteiger partial charge in [0.2, 0.25) is 5.88 Å². The van der Waals surface area contributed by atoms with E-state index in [0.29, 0.717) is 17.9 Å². The lowest BCUT2D eigenvalue weighted by atomic mass is 9.79. The van der Waals surface area contributed by atoms with E-state index in [1.54, 1.807) is 13.8 Å². The smallest absolute Gasteiger partial charge is 0.338 e. The highest BCUT2D eigenvalue weighted by Gasteiger charge is 2.37. The summed E-state index contributed by atoms with van der Waals surface area (Å²) < 4.78 is 16.5. The first-order valence-corrected chi connectivity index (χ1v) is 9.49. The molecule has 0 saturated carbocycles. The van der Waals surface area contributed by atoms with Crippen LogP contribution in [0.2, 0.25) is 0 Å². The quantitative estimate of drug-likeness (QED) is 0.740. The van der Waals surface area contributed by atoms with Crippen molar-refractivity contribution in [3.63, 3.8) is 0 Å². The van der Waals surface area contributed by atoms with E-state index in [0.717, 1.165) is 22.4 Å². The fourth-order valence-corrected chi connectivity index (χ4v) is 3.42. The van der Waals surface area contributed by atoms with Crippen LogP contribution in [0.3, 0.4) is 0 Å². The van der Waals surface area contributed by atoms with Gasteiger partial charge in [-0.25, -0.2) is 4.79 Å². The molecule has 2 N–H and O–H groups in total. The third kappa shape index (κ3) is 3.99. The number of hydrogen-bond acceptors (Lipinski definition) is 6. The number of ether oxygens (including phenoxy) is 3. The highest BCUT2D eigenvalue weighted by Crippen LogP contribution is 2.43. The Labute approximate surface area is 166 Å². The number of rotatable bonds is 6. The first-order valence-electron chi connectivity index (χ1n) is 9.49. The van der Waals surface area contributed by atoms with Crippen LogP contribution >= 0.6 is 0 Å². The Morgan fingerprint density at radius 3 is 2.50 bits per heavy atom. The highest BCUT2D eigenvalue weighted by atomic mass is 16.5. The molecule has 1 aliphatic heterocycles. The number of hydrogen-bond donors (Lipinski definition) is 1. The average molecular weight is 384 g/mol. The number of nitriles is 1. The van der Waals surface area contributed by atoms with Crippen molar-refractivity contribution in [1.82, 2.24) is 0 Å². The average Bonchev–Trinajstić information content (AvgIpc) is 2.61. The molecule has 1 atom stereocenters. The number of carbonyl (C=O) groups is 1. The molecule has 0 amide bonds. The van der Waals surface area contributed by atoms with Gasteiger partial charge < -0.3 is 19.9 Å². The maximum Gasteiger partial charge on any atom is 0.338 e. The van der Waals surface area contributed by atoms with Crippen molar-refractivity contribution in [2.75, 3.05) is 13.2 Å². The molecule has 0 radical (unpaired) electrons. The molecule has 28 heavy (non-hydrogen) atoms. The third-order valence-electron chi connectivity index (χ3n) is 4.73. The second kappa shape index (κ2) is 8.83. The summed E-state index contributed by atoms with van der Waals surface area (Å²) >= 11 is 0. The summed E-state index contributed by atoms with van der Waals surface area (Å²) in [4.78, 5) is 12.7. The van der Waals surface area contributed by atoms with E-state index in [2.05, 4.69) is 19.9 Å². The number of carbonyl (C=O) groups excluding carboxylic acids is 1. The van der Waals surface area contributed by atoms with Crippen molar-refractivity contribution < 1.29 is 19.0 Å². The van der Waals surface area contributed by atoms with E-state index >= 15 is 0 Å². The van der Waals surface area contributed by atoms with Crippen LogP contribution in [-0.2, 0) is 14.3 Å². The van der Waals surface area contributed by atoms with Crippen molar-refractivity contribution in [2.24, 2.45) is 5.73 Å². The molecule has 1 aromatic carbocycles. The largest absolute Gasteiger partial charge is 0.494 e. The van der Waals surface area contributed by atoms with Gasteiger partial charge >= 0.3 is 5.97 Å². The Kier molecular flexibility index (Phi) is 6.74. The summed E-state index contributed by atoms with van der Waals surface area (Å²) in [5.74, 6) is 0.204. The van der Waals surface area contributed by atoms with E-state index < -0.39 is 11.9 Å². The van der Waals surface area contributed by atoms with E-state index in [9.17, 15) is 10.1 Å². The molecular formula is C22H28N2O4. The van der Waals surface area contributed by atoms with Crippen LogP contribution in [0, 0.1) is 18.3 Å². The topological polar surface area (TPSA) is 94.6 Å². The molecule has 0 spiro atoms. The molecule has 1 aromatic rings. The molecule has 1 heterocycles. The molecule has 150 valence electrons. The van der Waals surface area contributed by atoms with Crippen LogP contribution in [0.4, 0.5) is 0 Å². The minimum Gasteiger partial charge on any atom is -0.494 e. The number of benzene rings is 1. The van der Waals surface area contributed by atoms with E-state index in [-0.39, 0.29) is 24.0 Å². The molecule has 0 saturated heterocycles. The Bertz CT molecular complexity index is 875. The Morgan fingerprint density at radius 1 is 1.29 bits per heavy atom. The van der Waals surface area contributed by atoms with Crippen LogP contribution in [0.25, 0.3) is 0 Å². The van der Waals surface area contributed by atoms with Crippen molar-refractivity contribution >= 4 is 5.97 Å². The number of nitrogens with two attached hydrogens (primary N) is 1. The minimum absolute atomic E-state index is 0.0115. The molecule has 6 nitrogen and oxygen atoms in total. The number of aryl methyl sites for hydroxylation is 1. The standard InChI is InChI=1S/C22H28N2O4/c1-7-26-18-9-13(5)16(10-15(18)12(3)4)20-17(11-23)21(24)28-14(6)19(20)22(25)27-8-2/h9-10,12,20H,7-8,24H2,1-6H3. The van der Waals surface area contributed by atoms with Gasteiger partial charge in [0.15, 0.2) is 0 Å². The molecule has 1 aliphatic rings. The summed E-state index contributed by atoms with van der Waals surface area (Å²) in [6.07, 6.45) is 0.